The van der Waals surface area contributed by atoms with E-state index >= 15 is 0 Å². The van der Waals surface area contributed by atoms with Crippen molar-refractivity contribution in [1.29, 1.82) is 0 Å². The van der Waals surface area contributed by atoms with Crippen LogP contribution in [0.4, 0.5) is 17.2 Å². The van der Waals surface area contributed by atoms with E-state index in [1.807, 2.05) is 0 Å². The monoisotopic (exact) mass is 466 g/mol. The van der Waals surface area contributed by atoms with Crippen LogP contribution in [-0.4, -0.2) is 62.2 Å². The zero-order chi connectivity index (χ0) is 21.9. The molecule has 13 heteroatoms. The van der Waals surface area contributed by atoms with Crippen molar-refractivity contribution in [1.82, 2.24) is 4.98 Å². The van der Waals surface area contributed by atoms with Gasteiger partial charge in [0.15, 0.2) is 5.82 Å². The molecule has 170 valence electrons. The summed E-state index contributed by atoms with van der Waals surface area (Å²) in [6.07, 6.45) is 4.64. The maximum atomic E-state index is 9.25. The number of nitrogens with two attached hydrogens (primary N) is 2. The first-order valence-corrected chi connectivity index (χ1v) is 12.0. The fourth-order valence-corrected chi connectivity index (χ4v) is 4.44. The Bertz CT molecular complexity index is 721. The SMILES string of the molecule is Nc1c(NC2CCCC2)cc(Cl)nc1N(N)C1CCC(COC(CO)[P+](O)(O)O)O1. The Hall–Kier alpha value is -1.01. The predicted molar refractivity (Wildman–Crippen MR) is 115 cm³/mol. The van der Waals surface area contributed by atoms with Gasteiger partial charge in [-0.25, -0.2) is 10.8 Å². The smallest absolute Gasteiger partial charge is 0.394 e. The third-order valence-electron chi connectivity index (χ3n) is 5.38. The van der Waals surface area contributed by atoms with Crippen LogP contribution in [0.25, 0.3) is 0 Å². The van der Waals surface area contributed by atoms with Crippen molar-refractivity contribution in [2.45, 2.75) is 62.7 Å². The molecule has 0 amide bonds. The molecule has 0 radical (unpaired) electrons. The number of aliphatic hydroxyl groups excluding tert-OH is 1. The number of aromatic nitrogens is 1. The highest BCUT2D eigenvalue weighted by Crippen LogP contribution is 2.50. The van der Waals surface area contributed by atoms with Crippen LogP contribution in [0, 0.1) is 0 Å². The van der Waals surface area contributed by atoms with Gasteiger partial charge in [-0.2, -0.15) is 14.7 Å². The number of pyridine rings is 1. The molecule has 2 aliphatic rings. The molecule has 3 unspecified atom stereocenters. The van der Waals surface area contributed by atoms with Crippen LogP contribution < -0.4 is 21.9 Å². The fourth-order valence-electron chi connectivity index (χ4n) is 3.75. The van der Waals surface area contributed by atoms with Gasteiger partial charge in [-0.15, -0.1) is 0 Å². The molecule has 0 bridgehead atoms. The minimum absolute atomic E-state index is 0.0497. The maximum absolute atomic E-state index is 9.25. The molecule has 2 fully saturated rings. The molecule has 30 heavy (non-hydrogen) atoms. The molecule has 9 N–H and O–H groups in total. The number of hydrazine groups is 1. The molecule has 1 saturated heterocycles. The van der Waals surface area contributed by atoms with E-state index in [1.165, 1.54) is 17.9 Å². The van der Waals surface area contributed by atoms with Gasteiger partial charge in [0, 0.05) is 12.1 Å². The summed E-state index contributed by atoms with van der Waals surface area (Å²) in [6, 6.07) is 2.02. The molecule has 3 rings (SSSR count). The van der Waals surface area contributed by atoms with Crippen LogP contribution in [-0.2, 0) is 9.47 Å². The molecule has 3 atom stereocenters. The number of nitrogens with one attached hydrogen (secondary N) is 1. The maximum Gasteiger partial charge on any atom is 0.437 e. The number of aliphatic hydroxyl groups is 1. The van der Waals surface area contributed by atoms with Crippen LogP contribution in [0.1, 0.15) is 38.5 Å². The van der Waals surface area contributed by atoms with Crippen LogP contribution in [0.2, 0.25) is 5.15 Å². The lowest BCUT2D eigenvalue weighted by atomic mass is 10.2. The highest BCUT2D eigenvalue weighted by Gasteiger charge is 2.44. The van der Waals surface area contributed by atoms with E-state index in [0.717, 1.165) is 12.8 Å². The van der Waals surface area contributed by atoms with Crippen LogP contribution >= 0.6 is 19.5 Å². The lowest BCUT2D eigenvalue weighted by molar-refractivity contribution is -0.0407. The average molecular weight is 467 g/mol. The Balaban J connectivity index is 1.62. The van der Waals surface area contributed by atoms with Gasteiger partial charge in [-0.3, -0.25) is 5.01 Å². The summed E-state index contributed by atoms with van der Waals surface area (Å²) >= 11 is 6.19. The number of nitrogens with zero attached hydrogens (tertiary/aromatic N) is 2. The number of nitrogen functional groups attached to an aromatic ring is 1. The van der Waals surface area contributed by atoms with Gasteiger partial charge in [0.1, 0.15) is 18.0 Å². The number of anilines is 3. The highest BCUT2D eigenvalue weighted by atomic mass is 35.5. The number of halogens is 1. The first-order valence-electron chi connectivity index (χ1n) is 9.90. The summed E-state index contributed by atoms with van der Waals surface area (Å²) in [6.45, 7) is -0.776. The molecule has 2 heterocycles. The summed E-state index contributed by atoms with van der Waals surface area (Å²) in [5, 5.41) is 14.1. The van der Waals surface area contributed by atoms with Crippen molar-refractivity contribution >= 4 is 36.7 Å². The second-order valence-corrected chi connectivity index (χ2v) is 9.83. The van der Waals surface area contributed by atoms with E-state index in [0.29, 0.717) is 36.1 Å². The third kappa shape index (κ3) is 5.82. The Morgan fingerprint density at radius 3 is 2.63 bits per heavy atom. The second-order valence-electron chi connectivity index (χ2n) is 7.64. The minimum Gasteiger partial charge on any atom is -0.394 e. The van der Waals surface area contributed by atoms with Gasteiger partial charge in [0.25, 0.3) is 5.85 Å². The van der Waals surface area contributed by atoms with Gasteiger partial charge in [-0.1, -0.05) is 24.4 Å². The number of rotatable bonds is 9. The minimum atomic E-state index is -4.31. The number of hydrogen-bond acceptors (Lipinski definition) is 11. The largest absolute Gasteiger partial charge is 0.437 e. The number of ether oxygens (including phenoxy) is 2. The van der Waals surface area contributed by atoms with Crippen LogP contribution in [0.3, 0.4) is 0 Å². The summed E-state index contributed by atoms with van der Waals surface area (Å²) in [4.78, 5) is 32.0. The molecular weight excluding hydrogens is 437 g/mol. The summed E-state index contributed by atoms with van der Waals surface area (Å²) in [5.41, 5.74) is 7.37. The van der Waals surface area contributed by atoms with Crippen molar-refractivity contribution in [3.8, 4) is 0 Å². The summed E-state index contributed by atoms with van der Waals surface area (Å²) < 4.78 is 11.1. The van der Waals surface area contributed by atoms with Crippen molar-refractivity contribution in [2.24, 2.45) is 5.84 Å². The topological polar surface area (TPSA) is 180 Å². The lowest BCUT2D eigenvalue weighted by Crippen LogP contribution is -2.43. The fraction of sp³-hybridized carbons (Fsp3) is 0.706. The molecular formula is C17H30ClN5O6P+. The highest BCUT2D eigenvalue weighted by molar-refractivity contribution is 7.59. The van der Waals surface area contributed by atoms with Gasteiger partial charge in [0.05, 0.1) is 24.1 Å². The quantitative estimate of drug-likeness (QED) is 0.119. The first-order chi connectivity index (χ1) is 14.2. The van der Waals surface area contributed by atoms with Gasteiger partial charge in [0.2, 0.25) is 0 Å². The van der Waals surface area contributed by atoms with E-state index in [4.69, 9.17) is 37.8 Å². The van der Waals surface area contributed by atoms with Crippen LogP contribution in [0.5, 0.6) is 0 Å². The van der Waals surface area contributed by atoms with E-state index in [2.05, 4.69) is 10.3 Å². The standard InChI is InChI=1S/C17H30ClN5O6P/c18-13-7-12(21-10-3-1-2-4-10)16(19)17(22-13)23(20)14-6-5-11(29-14)9-28-15(8-24)30(25,26)27/h7,10-11,14-15,24-27H,1-6,8-9,19-20H2,(H,21,22)/q+1. The summed E-state index contributed by atoms with van der Waals surface area (Å²) in [7, 11) is -4.31. The number of hydrogen-bond donors (Lipinski definition) is 7. The van der Waals surface area contributed by atoms with E-state index in [1.54, 1.807) is 6.07 Å². The average Bonchev–Trinajstić information content (AvgIpc) is 3.35. The third-order valence-corrected chi connectivity index (χ3v) is 6.66. The van der Waals surface area contributed by atoms with Crippen LogP contribution in [0.15, 0.2) is 6.07 Å². The Morgan fingerprint density at radius 2 is 2.00 bits per heavy atom. The molecule has 1 aromatic heterocycles. The Labute approximate surface area is 180 Å². The van der Waals surface area contributed by atoms with Gasteiger partial charge >= 0.3 is 7.94 Å². The van der Waals surface area contributed by atoms with Crippen molar-refractivity contribution in [3.05, 3.63) is 11.2 Å². The Kier molecular flexibility index (Phi) is 7.94. The molecule has 0 spiro atoms. The van der Waals surface area contributed by atoms with E-state index < -0.39 is 32.7 Å². The first kappa shape index (κ1) is 23.6. The van der Waals surface area contributed by atoms with E-state index in [9.17, 15) is 14.7 Å². The molecule has 1 aliphatic carbocycles. The molecule has 1 saturated carbocycles. The second kappa shape index (κ2) is 10.1. The molecule has 0 aromatic carbocycles. The van der Waals surface area contributed by atoms with Crippen molar-refractivity contribution in [2.75, 3.05) is 29.3 Å². The Morgan fingerprint density at radius 1 is 1.30 bits per heavy atom. The van der Waals surface area contributed by atoms with Crippen molar-refractivity contribution < 1.29 is 29.3 Å². The molecule has 1 aliphatic heterocycles. The lowest BCUT2D eigenvalue weighted by Gasteiger charge is -2.27. The van der Waals surface area contributed by atoms with Crippen molar-refractivity contribution in [3.63, 3.8) is 0 Å². The molecule has 1 aromatic rings. The van der Waals surface area contributed by atoms with Gasteiger partial charge < -0.3 is 25.6 Å². The predicted octanol–water partition coefficient (Wildman–Crippen LogP) is 0.931. The molecule has 11 nitrogen and oxygen atoms in total. The summed E-state index contributed by atoms with van der Waals surface area (Å²) in [5.74, 6) is 5.08. The zero-order valence-electron chi connectivity index (χ0n) is 16.5. The van der Waals surface area contributed by atoms with E-state index in [-0.39, 0.29) is 11.8 Å². The normalized spacial score (nSPS) is 23.7. The van der Waals surface area contributed by atoms with Gasteiger partial charge in [-0.05, 0) is 25.7 Å². The zero-order valence-corrected chi connectivity index (χ0v) is 18.2.